The molecule has 8 heteroatoms. The molecule has 23 heavy (non-hydrogen) atoms. The van der Waals surface area contributed by atoms with Crippen molar-refractivity contribution in [2.75, 3.05) is 11.4 Å². The van der Waals surface area contributed by atoms with Crippen molar-refractivity contribution in [2.45, 2.75) is 4.90 Å². The molecule has 0 aromatic heterocycles. The number of sulfonamides is 1. The Hall–Kier alpha value is -2.92. The number of anilines is 1. The van der Waals surface area contributed by atoms with Crippen LogP contribution in [0.25, 0.3) is 0 Å². The van der Waals surface area contributed by atoms with Crippen LogP contribution < -0.4 is 4.31 Å². The summed E-state index contributed by atoms with van der Waals surface area (Å²) >= 11 is 0. The molecule has 0 fully saturated rings. The molecule has 0 radical (unpaired) electrons. The van der Waals surface area contributed by atoms with Gasteiger partial charge in [-0.15, -0.1) is 0 Å². The first-order valence-corrected chi connectivity index (χ1v) is 7.73. The number of hydrogen-bond donors (Lipinski definition) is 1. The highest BCUT2D eigenvalue weighted by molar-refractivity contribution is 7.92. The lowest BCUT2D eigenvalue weighted by molar-refractivity contribution is 0.0691. The quantitative estimate of drug-likeness (QED) is 0.924. The van der Waals surface area contributed by atoms with Gasteiger partial charge in [0.05, 0.1) is 27.8 Å². The van der Waals surface area contributed by atoms with Crippen LogP contribution in [0.4, 0.5) is 10.1 Å². The highest BCUT2D eigenvalue weighted by Crippen LogP contribution is 2.24. The maximum absolute atomic E-state index is 13.4. The second-order valence-corrected chi connectivity index (χ2v) is 6.55. The largest absolute Gasteiger partial charge is 0.478 e. The molecule has 0 aliphatic heterocycles. The second kappa shape index (κ2) is 6.06. The molecule has 6 nitrogen and oxygen atoms in total. The zero-order chi connectivity index (χ0) is 17.2. The third-order valence-corrected chi connectivity index (χ3v) is 4.95. The van der Waals surface area contributed by atoms with Gasteiger partial charge in [0.1, 0.15) is 5.82 Å². The number of nitriles is 1. The summed E-state index contributed by atoms with van der Waals surface area (Å²) in [4.78, 5) is 10.6. The Bertz CT molecular complexity index is 919. The Balaban J connectivity index is 2.51. The van der Waals surface area contributed by atoms with Crippen LogP contribution in [0.15, 0.2) is 47.4 Å². The lowest BCUT2D eigenvalue weighted by atomic mass is 10.2. The van der Waals surface area contributed by atoms with Crippen molar-refractivity contribution in [1.29, 1.82) is 5.26 Å². The third-order valence-electron chi connectivity index (χ3n) is 3.17. The van der Waals surface area contributed by atoms with Crippen molar-refractivity contribution < 1.29 is 22.7 Å². The molecule has 0 saturated carbocycles. The molecule has 1 N–H and O–H groups in total. The van der Waals surface area contributed by atoms with E-state index >= 15 is 0 Å². The highest BCUT2D eigenvalue weighted by atomic mass is 32.2. The Morgan fingerprint density at radius 3 is 2.57 bits per heavy atom. The summed E-state index contributed by atoms with van der Waals surface area (Å²) in [5.74, 6) is -2.58. The first kappa shape index (κ1) is 16.5. The highest BCUT2D eigenvalue weighted by Gasteiger charge is 2.24. The van der Waals surface area contributed by atoms with E-state index in [1.54, 1.807) is 0 Å². The van der Waals surface area contributed by atoms with Crippen LogP contribution in [0.2, 0.25) is 0 Å². The van der Waals surface area contributed by atoms with Gasteiger partial charge < -0.3 is 5.11 Å². The summed E-state index contributed by atoms with van der Waals surface area (Å²) in [7, 11) is -2.84. The van der Waals surface area contributed by atoms with Gasteiger partial charge in [-0.25, -0.2) is 17.6 Å². The fraction of sp³-hybridized carbons (Fsp3) is 0.0667. The molecule has 0 saturated heterocycles. The molecule has 2 aromatic carbocycles. The zero-order valence-corrected chi connectivity index (χ0v) is 12.7. The predicted octanol–water partition coefficient (Wildman–Crippen LogP) is 2.22. The molecule has 0 heterocycles. The molecule has 0 spiro atoms. The second-order valence-electron chi connectivity index (χ2n) is 4.58. The van der Waals surface area contributed by atoms with E-state index in [-0.39, 0.29) is 16.1 Å². The van der Waals surface area contributed by atoms with Crippen LogP contribution in [0.1, 0.15) is 15.9 Å². The maximum atomic E-state index is 13.4. The number of halogens is 1. The molecule has 0 atom stereocenters. The number of hydrogen-bond acceptors (Lipinski definition) is 4. The third kappa shape index (κ3) is 3.14. The number of carboxylic acids is 1. The van der Waals surface area contributed by atoms with Crippen molar-refractivity contribution in [3.63, 3.8) is 0 Å². The minimum absolute atomic E-state index is 0.227. The number of carboxylic acid groups (broad SMARTS) is 1. The summed E-state index contributed by atoms with van der Waals surface area (Å²) in [6, 6.07) is 10.3. The molecule has 2 rings (SSSR count). The van der Waals surface area contributed by atoms with Gasteiger partial charge in [0.25, 0.3) is 10.0 Å². The summed E-state index contributed by atoms with van der Waals surface area (Å²) in [5, 5.41) is 17.8. The summed E-state index contributed by atoms with van der Waals surface area (Å²) in [6.45, 7) is 0. The van der Waals surface area contributed by atoms with Crippen molar-refractivity contribution in [3.8, 4) is 6.07 Å². The van der Waals surface area contributed by atoms with E-state index < -0.39 is 27.4 Å². The topological polar surface area (TPSA) is 98.5 Å². The van der Waals surface area contributed by atoms with Gasteiger partial charge in [0, 0.05) is 7.05 Å². The Kier molecular flexibility index (Phi) is 4.33. The predicted molar refractivity (Wildman–Crippen MR) is 80.1 cm³/mol. The lowest BCUT2D eigenvalue weighted by Crippen LogP contribution is -2.27. The molecule has 0 unspecified atom stereocenters. The fourth-order valence-electron chi connectivity index (χ4n) is 1.90. The Labute approximate surface area is 132 Å². The van der Waals surface area contributed by atoms with Crippen LogP contribution >= 0.6 is 0 Å². The van der Waals surface area contributed by atoms with Gasteiger partial charge in [-0.3, -0.25) is 4.31 Å². The van der Waals surface area contributed by atoms with Gasteiger partial charge >= 0.3 is 5.97 Å². The van der Waals surface area contributed by atoms with Crippen LogP contribution in [-0.2, 0) is 10.0 Å². The zero-order valence-electron chi connectivity index (χ0n) is 11.9. The molecule has 0 aliphatic rings. The van der Waals surface area contributed by atoms with Crippen LogP contribution in [0.5, 0.6) is 0 Å². The molecule has 0 amide bonds. The van der Waals surface area contributed by atoms with Crippen molar-refractivity contribution in [3.05, 3.63) is 59.4 Å². The summed E-state index contributed by atoms with van der Waals surface area (Å²) in [6.07, 6.45) is 0. The minimum Gasteiger partial charge on any atom is -0.478 e. The summed E-state index contributed by atoms with van der Waals surface area (Å²) in [5.41, 5.74) is -0.231. The van der Waals surface area contributed by atoms with Crippen LogP contribution in [-0.4, -0.2) is 26.5 Å². The summed E-state index contributed by atoms with van der Waals surface area (Å²) < 4.78 is 39.4. The average Bonchev–Trinajstić information content (AvgIpc) is 2.54. The lowest BCUT2D eigenvalue weighted by Gasteiger charge is -2.20. The van der Waals surface area contributed by atoms with E-state index in [9.17, 15) is 17.6 Å². The van der Waals surface area contributed by atoms with E-state index in [1.165, 1.54) is 31.3 Å². The smallest absolute Gasteiger partial charge is 0.338 e. The van der Waals surface area contributed by atoms with E-state index in [0.717, 1.165) is 22.5 Å². The van der Waals surface area contributed by atoms with Gasteiger partial charge in [0.15, 0.2) is 0 Å². The van der Waals surface area contributed by atoms with E-state index in [2.05, 4.69) is 0 Å². The molecular weight excluding hydrogens is 323 g/mol. The normalized spacial score (nSPS) is 10.8. The maximum Gasteiger partial charge on any atom is 0.338 e. The SMILES string of the molecule is CN(c1cccc(C#N)c1)S(=O)(=O)c1ccc(F)c(C(=O)O)c1. The Morgan fingerprint density at radius 1 is 1.26 bits per heavy atom. The average molecular weight is 334 g/mol. The van der Waals surface area contributed by atoms with Gasteiger partial charge in [-0.1, -0.05) is 6.07 Å². The minimum atomic E-state index is -4.10. The number of benzene rings is 2. The standard InChI is InChI=1S/C15H11FN2O4S/c1-18(11-4-2-3-10(7-11)9-17)23(21,22)12-5-6-14(16)13(8-12)15(19)20/h2-8H,1H3,(H,19,20). The fourth-order valence-corrected chi connectivity index (χ4v) is 3.11. The monoisotopic (exact) mass is 334 g/mol. The molecular formula is C15H11FN2O4S. The van der Waals surface area contributed by atoms with Crippen LogP contribution in [0.3, 0.4) is 0 Å². The van der Waals surface area contributed by atoms with E-state index in [4.69, 9.17) is 10.4 Å². The number of nitrogens with zero attached hydrogens (tertiary/aromatic N) is 2. The number of aromatic carboxylic acids is 1. The molecule has 2 aromatic rings. The van der Waals surface area contributed by atoms with Crippen molar-refractivity contribution >= 4 is 21.7 Å². The van der Waals surface area contributed by atoms with Gasteiger partial charge in [-0.05, 0) is 36.4 Å². The van der Waals surface area contributed by atoms with Gasteiger partial charge in [-0.2, -0.15) is 5.26 Å². The van der Waals surface area contributed by atoms with Gasteiger partial charge in [0.2, 0.25) is 0 Å². The first-order chi connectivity index (χ1) is 10.8. The molecule has 118 valence electrons. The van der Waals surface area contributed by atoms with E-state index in [0.29, 0.717) is 0 Å². The van der Waals surface area contributed by atoms with Crippen LogP contribution in [0, 0.1) is 17.1 Å². The number of carbonyl (C=O) groups is 1. The number of rotatable bonds is 4. The molecule has 0 bridgehead atoms. The first-order valence-electron chi connectivity index (χ1n) is 6.29. The molecule has 0 aliphatic carbocycles. The Morgan fingerprint density at radius 2 is 1.96 bits per heavy atom. The van der Waals surface area contributed by atoms with E-state index in [1.807, 2.05) is 6.07 Å². The van der Waals surface area contributed by atoms with Crippen molar-refractivity contribution in [1.82, 2.24) is 0 Å². The van der Waals surface area contributed by atoms with Crippen molar-refractivity contribution in [2.24, 2.45) is 0 Å².